The molecule has 0 aliphatic rings. The van der Waals surface area contributed by atoms with Crippen molar-refractivity contribution >= 4 is 22.9 Å². The molecule has 3 rings (SSSR count). The van der Waals surface area contributed by atoms with E-state index in [2.05, 4.69) is 31.8 Å². The third-order valence-corrected chi connectivity index (χ3v) is 4.48. The molecule has 0 spiro atoms. The summed E-state index contributed by atoms with van der Waals surface area (Å²) in [6.45, 7) is 4.10. The van der Waals surface area contributed by atoms with Crippen LogP contribution in [0.3, 0.4) is 0 Å². The van der Waals surface area contributed by atoms with E-state index in [0.717, 1.165) is 27.7 Å². The van der Waals surface area contributed by atoms with Gasteiger partial charge in [0.15, 0.2) is 17.4 Å². The van der Waals surface area contributed by atoms with Gasteiger partial charge in [0.25, 0.3) is 0 Å². The first kappa shape index (κ1) is 17.1. The summed E-state index contributed by atoms with van der Waals surface area (Å²) < 4.78 is 10.8. The normalized spacial score (nSPS) is 10.4. The fourth-order valence-corrected chi connectivity index (χ4v) is 3.14. The summed E-state index contributed by atoms with van der Waals surface area (Å²) in [6, 6.07) is 5.57. The van der Waals surface area contributed by atoms with E-state index in [1.165, 1.54) is 0 Å². The lowest BCUT2D eigenvalue weighted by molar-refractivity contribution is 0.356. The average Bonchev–Trinajstić information content (AvgIpc) is 3.03. The number of H-pyrrole nitrogens is 1. The lowest BCUT2D eigenvalue weighted by Crippen LogP contribution is -1.96. The van der Waals surface area contributed by atoms with E-state index in [1.54, 1.807) is 38.1 Å². The number of pyridine rings is 2. The second-order valence-corrected chi connectivity index (χ2v) is 6.12. The van der Waals surface area contributed by atoms with Gasteiger partial charge >= 0.3 is 0 Å². The molecule has 128 valence electrons. The summed E-state index contributed by atoms with van der Waals surface area (Å²) in [5, 5.41) is 0.789. The van der Waals surface area contributed by atoms with Gasteiger partial charge in [0.1, 0.15) is 5.75 Å². The topological polar surface area (TPSA) is 72.9 Å². The number of thioether (sulfide) groups is 1. The van der Waals surface area contributed by atoms with E-state index < -0.39 is 0 Å². The number of fused-ring (bicyclic) bond motifs is 1. The summed E-state index contributed by atoms with van der Waals surface area (Å²) in [7, 11) is 1.66. The van der Waals surface area contributed by atoms with Crippen molar-refractivity contribution in [3.8, 4) is 23.5 Å². The van der Waals surface area contributed by atoms with Gasteiger partial charge < -0.3 is 14.5 Å². The highest BCUT2D eigenvalue weighted by Gasteiger charge is 2.10. The van der Waals surface area contributed by atoms with Gasteiger partial charge in [-0.2, -0.15) is 4.98 Å². The quantitative estimate of drug-likeness (QED) is 0.540. The molecule has 0 amide bonds. The van der Waals surface area contributed by atoms with Crippen molar-refractivity contribution in [3.63, 3.8) is 0 Å². The molecule has 3 aromatic rings. The minimum atomic E-state index is 0.321. The first-order chi connectivity index (χ1) is 12.2. The van der Waals surface area contributed by atoms with Crippen molar-refractivity contribution in [2.45, 2.75) is 24.8 Å². The zero-order valence-corrected chi connectivity index (χ0v) is 15.1. The first-order valence-corrected chi connectivity index (χ1v) is 8.70. The summed E-state index contributed by atoms with van der Waals surface area (Å²) in [5.41, 5.74) is 3.51. The van der Waals surface area contributed by atoms with Gasteiger partial charge in [0.05, 0.1) is 18.3 Å². The van der Waals surface area contributed by atoms with Crippen LogP contribution >= 0.6 is 11.8 Å². The second-order valence-electron chi connectivity index (χ2n) is 5.15. The van der Waals surface area contributed by atoms with Crippen molar-refractivity contribution in [3.05, 3.63) is 35.7 Å². The Bertz CT molecular complexity index is 943. The third-order valence-electron chi connectivity index (χ3n) is 3.59. The van der Waals surface area contributed by atoms with Gasteiger partial charge in [-0.15, -0.1) is 5.92 Å². The van der Waals surface area contributed by atoms with E-state index >= 15 is 0 Å². The summed E-state index contributed by atoms with van der Waals surface area (Å²) in [6.07, 6.45) is 1.75. The van der Waals surface area contributed by atoms with Crippen LogP contribution in [0.15, 0.2) is 29.6 Å². The van der Waals surface area contributed by atoms with E-state index in [1.807, 2.05) is 19.1 Å². The summed E-state index contributed by atoms with van der Waals surface area (Å²) >= 11 is 1.57. The number of ether oxygens (including phenoxy) is 2. The SMILES string of the molecule is CC#CCOc1ccc2[nH]c(SCc3nccc(OC)c3C)nc2n1. The van der Waals surface area contributed by atoms with Crippen LogP contribution in [-0.2, 0) is 5.75 Å². The smallest absolute Gasteiger partial charge is 0.216 e. The van der Waals surface area contributed by atoms with Crippen LogP contribution in [0.25, 0.3) is 11.2 Å². The van der Waals surface area contributed by atoms with Crippen LogP contribution in [0.5, 0.6) is 11.6 Å². The van der Waals surface area contributed by atoms with E-state index in [9.17, 15) is 0 Å². The van der Waals surface area contributed by atoms with Crippen LogP contribution in [0.4, 0.5) is 0 Å². The molecule has 0 saturated heterocycles. The number of aromatic amines is 1. The maximum atomic E-state index is 5.47. The molecule has 1 N–H and O–H groups in total. The molecular formula is C18H18N4O2S. The largest absolute Gasteiger partial charge is 0.496 e. The minimum Gasteiger partial charge on any atom is -0.496 e. The molecule has 7 heteroatoms. The van der Waals surface area contributed by atoms with E-state index in [4.69, 9.17) is 9.47 Å². The Kier molecular flexibility index (Phi) is 5.41. The molecule has 0 saturated carbocycles. The number of nitrogens with zero attached hydrogens (tertiary/aromatic N) is 3. The number of hydrogen-bond donors (Lipinski definition) is 1. The molecular weight excluding hydrogens is 336 g/mol. The summed E-state index contributed by atoms with van der Waals surface area (Å²) in [4.78, 5) is 16.6. The van der Waals surface area contributed by atoms with Crippen LogP contribution in [0, 0.1) is 18.8 Å². The van der Waals surface area contributed by atoms with Gasteiger partial charge in [-0.05, 0) is 26.0 Å². The monoisotopic (exact) mass is 354 g/mol. The molecule has 0 aliphatic heterocycles. The predicted octanol–water partition coefficient (Wildman–Crippen LogP) is 3.36. The maximum absolute atomic E-state index is 5.47. The predicted molar refractivity (Wildman–Crippen MR) is 97.9 cm³/mol. The Balaban J connectivity index is 1.72. The van der Waals surface area contributed by atoms with Gasteiger partial charge in [-0.25, -0.2) is 4.98 Å². The van der Waals surface area contributed by atoms with Crippen LogP contribution in [-0.4, -0.2) is 33.7 Å². The zero-order valence-electron chi connectivity index (χ0n) is 14.3. The number of rotatable bonds is 6. The van der Waals surface area contributed by atoms with E-state index in [0.29, 0.717) is 23.9 Å². The van der Waals surface area contributed by atoms with Crippen LogP contribution in [0.1, 0.15) is 18.2 Å². The number of nitrogens with one attached hydrogen (secondary N) is 1. The Hall–Kier alpha value is -2.72. The molecule has 3 aromatic heterocycles. The number of aromatic nitrogens is 4. The molecule has 25 heavy (non-hydrogen) atoms. The van der Waals surface area contributed by atoms with Crippen molar-refractivity contribution in [1.29, 1.82) is 0 Å². The lowest BCUT2D eigenvalue weighted by Gasteiger charge is -2.08. The third kappa shape index (κ3) is 4.03. The van der Waals surface area contributed by atoms with Crippen molar-refractivity contribution in [1.82, 2.24) is 19.9 Å². The molecule has 0 radical (unpaired) electrons. The number of hydrogen-bond acceptors (Lipinski definition) is 6. The summed E-state index contributed by atoms with van der Waals surface area (Å²) in [5.74, 6) is 7.67. The highest BCUT2D eigenvalue weighted by molar-refractivity contribution is 7.98. The molecule has 0 aromatic carbocycles. The fraction of sp³-hybridized carbons (Fsp3) is 0.278. The molecule has 6 nitrogen and oxygen atoms in total. The fourth-order valence-electron chi connectivity index (χ4n) is 2.25. The highest BCUT2D eigenvalue weighted by atomic mass is 32.2. The maximum Gasteiger partial charge on any atom is 0.216 e. The zero-order chi connectivity index (χ0) is 17.6. The molecule has 3 heterocycles. The number of methoxy groups -OCH3 is 1. The van der Waals surface area contributed by atoms with Gasteiger partial charge in [0, 0.05) is 23.6 Å². The first-order valence-electron chi connectivity index (χ1n) is 7.71. The average molecular weight is 354 g/mol. The Morgan fingerprint density at radius 3 is 2.92 bits per heavy atom. The molecule has 0 aliphatic carbocycles. The standard InChI is InChI=1S/C18H18N4O2S/c1-4-5-10-24-16-7-6-13-17(21-16)22-18(20-13)25-11-14-12(2)15(23-3)8-9-19-14/h6-9H,10-11H2,1-3H3,(H,20,21,22). The molecule has 0 unspecified atom stereocenters. The van der Waals surface area contributed by atoms with Crippen LogP contribution < -0.4 is 9.47 Å². The highest BCUT2D eigenvalue weighted by Crippen LogP contribution is 2.26. The molecule has 0 bridgehead atoms. The van der Waals surface area contributed by atoms with E-state index in [-0.39, 0.29) is 0 Å². The van der Waals surface area contributed by atoms with Crippen molar-refractivity contribution in [2.75, 3.05) is 13.7 Å². The Labute approximate surface area is 150 Å². The van der Waals surface area contributed by atoms with Crippen molar-refractivity contribution < 1.29 is 9.47 Å². The van der Waals surface area contributed by atoms with Gasteiger partial charge in [-0.3, -0.25) is 4.98 Å². The molecule has 0 fully saturated rings. The number of imidazole rings is 1. The Morgan fingerprint density at radius 1 is 1.24 bits per heavy atom. The van der Waals surface area contributed by atoms with Gasteiger partial charge in [-0.1, -0.05) is 17.7 Å². The lowest BCUT2D eigenvalue weighted by atomic mass is 10.2. The van der Waals surface area contributed by atoms with Gasteiger partial charge in [0.2, 0.25) is 5.88 Å². The van der Waals surface area contributed by atoms with Crippen molar-refractivity contribution in [2.24, 2.45) is 0 Å². The molecule has 0 atom stereocenters. The minimum absolute atomic E-state index is 0.321. The Morgan fingerprint density at radius 2 is 2.12 bits per heavy atom. The van der Waals surface area contributed by atoms with Crippen LogP contribution in [0.2, 0.25) is 0 Å². The second kappa shape index (κ2) is 7.90.